The van der Waals surface area contributed by atoms with Gasteiger partial charge in [-0.05, 0) is 37.1 Å². The molecule has 0 radical (unpaired) electrons. The van der Waals surface area contributed by atoms with Crippen LogP contribution in [-0.4, -0.2) is 19.8 Å². The maximum Gasteiger partial charge on any atom is 0.0662 e. The average Bonchev–Trinajstić information content (AvgIpc) is 2.34. The highest BCUT2D eigenvalue weighted by Crippen LogP contribution is 2.26. The minimum Gasteiger partial charge on any atom is -0.379 e. The Labute approximate surface area is 123 Å². The molecule has 0 aliphatic heterocycles. The summed E-state index contributed by atoms with van der Waals surface area (Å²) in [5.74, 6) is 0. The number of ether oxygens (including phenoxy) is 1. The molecular weight excluding hydrogens is 314 g/mol. The zero-order valence-corrected chi connectivity index (χ0v) is 13.4. The van der Waals surface area contributed by atoms with Gasteiger partial charge in [-0.25, -0.2) is 0 Å². The van der Waals surface area contributed by atoms with Gasteiger partial charge in [0.05, 0.1) is 12.6 Å². The third-order valence-electron chi connectivity index (χ3n) is 2.61. The van der Waals surface area contributed by atoms with E-state index in [1.165, 1.54) is 0 Å². The van der Waals surface area contributed by atoms with Crippen LogP contribution in [-0.2, 0) is 4.74 Å². The third kappa shape index (κ3) is 5.27. The molecule has 0 heterocycles. The Morgan fingerprint density at radius 2 is 2.11 bits per heavy atom. The SMILES string of the molecule is CCCNC(COCCC)c1ccc(Br)cc1Cl. The standard InChI is InChI=1S/C14H21BrClNO/c1-3-7-17-14(10-18-8-4-2)12-6-5-11(15)9-13(12)16/h5-6,9,14,17H,3-4,7-8,10H2,1-2H3. The van der Waals surface area contributed by atoms with Crippen LogP contribution in [0.15, 0.2) is 22.7 Å². The molecule has 2 nitrogen and oxygen atoms in total. The molecule has 0 aromatic heterocycles. The fourth-order valence-corrected chi connectivity index (χ4v) is 2.51. The maximum atomic E-state index is 6.29. The van der Waals surface area contributed by atoms with Crippen LogP contribution in [0.4, 0.5) is 0 Å². The molecule has 1 aromatic rings. The van der Waals surface area contributed by atoms with E-state index in [2.05, 4.69) is 41.2 Å². The Balaban J connectivity index is 2.73. The largest absolute Gasteiger partial charge is 0.379 e. The average molecular weight is 335 g/mol. The molecule has 0 saturated carbocycles. The molecule has 1 rings (SSSR count). The van der Waals surface area contributed by atoms with E-state index < -0.39 is 0 Å². The van der Waals surface area contributed by atoms with Gasteiger partial charge in [-0.3, -0.25) is 0 Å². The quantitative estimate of drug-likeness (QED) is 0.703. The van der Waals surface area contributed by atoms with E-state index in [4.69, 9.17) is 16.3 Å². The van der Waals surface area contributed by atoms with Gasteiger partial charge in [-0.2, -0.15) is 0 Å². The van der Waals surface area contributed by atoms with Gasteiger partial charge >= 0.3 is 0 Å². The highest BCUT2D eigenvalue weighted by atomic mass is 79.9. The van der Waals surface area contributed by atoms with Crippen molar-refractivity contribution in [3.05, 3.63) is 33.3 Å². The molecule has 1 atom stereocenters. The third-order valence-corrected chi connectivity index (χ3v) is 3.43. The van der Waals surface area contributed by atoms with Gasteiger partial charge in [0.25, 0.3) is 0 Å². The summed E-state index contributed by atoms with van der Waals surface area (Å²) in [6, 6.07) is 6.16. The summed E-state index contributed by atoms with van der Waals surface area (Å²) in [5.41, 5.74) is 1.10. The van der Waals surface area contributed by atoms with Crippen molar-refractivity contribution in [2.75, 3.05) is 19.8 Å². The molecule has 18 heavy (non-hydrogen) atoms. The highest BCUT2D eigenvalue weighted by molar-refractivity contribution is 9.10. The van der Waals surface area contributed by atoms with E-state index in [0.717, 1.165) is 41.1 Å². The molecule has 0 bridgehead atoms. The van der Waals surface area contributed by atoms with Crippen molar-refractivity contribution in [1.29, 1.82) is 0 Å². The van der Waals surface area contributed by atoms with Crippen molar-refractivity contribution in [3.63, 3.8) is 0 Å². The lowest BCUT2D eigenvalue weighted by atomic mass is 10.1. The molecule has 0 saturated heterocycles. The molecule has 102 valence electrons. The van der Waals surface area contributed by atoms with Crippen molar-refractivity contribution >= 4 is 27.5 Å². The summed E-state index contributed by atoms with van der Waals surface area (Å²) < 4.78 is 6.65. The number of hydrogen-bond donors (Lipinski definition) is 1. The summed E-state index contributed by atoms with van der Waals surface area (Å²) in [6.45, 7) is 6.68. The predicted octanol–water partition coefficient (Wildman–Crippen LogP) is 4.57. The zero-order valence-electron chi connectivity index (χ0n) is 11.0. The van der Waals surface area contributed by atoms with Gasteiger partial charge in [-0.15, -0.1) is 0 Å². The molecular formula is C14H21BrClNO. The van der Waals surface area contributed by atoms with E-state index in [1.54, 1.807) is 0 Å². The van der Waals surface area contributed by atoms with Crippen LogP contribution in [0.3, 0.4) is 0 Å². The first kappa shape index (κ1) is 16.0. The van der Waals surface area contributed by atoms with Crippen LogP contribution in [0.5, 0.6) is 0 Å². The van der Waals surface area contributed by atoms with Crippen LogP contribution in [0, 0.1) is 0 Å². The van der Waals surface area contributed by atoms with Crippen molar-refractivity contribution in [1.82, 2.24) is 5.32 Å². The Morgan fingerprint density at radius 1 is 1.33 bits per heavy atom. The lowest BCUT2D eigenvalue weighted by molar-refractivity contribution is 0.112. The molecule has 0 spiro atoms. The predicted molar refractivity (Wildman–Crippen MR) is 81.3 cm³/mol. The molecule has 0 fully saturated rings. The van der Waals surface area contributed by atoms with Crippen LogP contribution < -0.4 is 5.32 Å². The second kappa shape index (κ2) is 8.92. The van der Waals surface area contributed by atoms with Crippen molar-refractivity contribution < 1.29 is 4.74 Å². The van der Waals surface area contributed by atoms with Crippen molar-refractivity contribution in [3.8, 4) is 0 Å². The smallest absolute Gasteiger partial charge is 0.0662 e. The first-order valence-electron chi connectivity index (χ1n) is 6.45. The normalized spacial score (nSPS) is 12.7. The summed E-state index contributed by atoms with van der Waals surface area (Å²) in [4.78, 5) is 0. The van der Waals surface area contributed by atoms with Gasteiger partial charge in [0.15, 0.2) is 0 Å². The monoisotopic (exact) mass is 333 g/mol. The van der Waals surface area contributed by atoms with Crippen molar-refractivity contribution in [2.45, 2.75) is 32.7 Å². The fourth-order valence-electron chi connectivity index (χ4n) is 1.71. The number of nitrogens with one attached hydrogen (secondary N) is 1. The minimum absolute atomic E-state index is 0.164. The van der Waals surface area contributed by atoms with Crippen molar-refractivity contribution in [2.24, 2.45) is 0 Å². The zero-order chi connectivity index (χ0) is 13.4. The molecule has 1 unspecified atom stereocenters. The maximum absolute atomic E-state index is 6.29. The summed E-state index contributed by atoms with van der Waals surface area (Å²) >= 11 is 9.72. The van der Waals surface area contributed by atoms with E-state index in [-0.39, 0.29) is 6.04 Å². The van der Waals surface area contributed by atoms with Gasteiger partial charge in [0, 0.05) is 16.1 Å². The van der Waals surface area contributed by atoms with E-state index in [9.17, 15) is 0 Å². The number of hydrogen-bond acceptors (Lipinski definition) is 2. The van der Waals surface area contributed by atoms with Crippen LogP contribution in [0.2, 0.25) is 5.02 Å². The van der Waals surface area contributed by atoms with Gasteiger partial charge in [0.2, 0.25) is 0 Å². The van der Waals surface area contributed by atoms with E-state index in [0.29, 0.717) is 6.61 Å². The lowest BCUT2D eigenvalue weighted by Gasteiger charge is -2.20. The molecule has 1 N–H and O–H groups in total. The molecule has 1 aromatic carbocycles. The summed E-state index contributed by atoms with van der Waals surface area (Å²) in [6.07, 6.45) is 2.13. The molecule has 0 aliphatic rings. The Kier molecular flexibility index (Phi) is 7.91. The van der Waals surface area contributed by atoms with Gasteiger partial charge in [0.1, 0.15) is 0 Å². The molecule has 4 heteroatoms. The molecule has 0 amide bonds. The van der Waals surface area contributed by atoms with Crippen LogP contribution in [0.1, 0.15) is 38.3 Å². The highest BCUT2D eigenvalue weighted by Gasteiger charge is 2.14. The number of benzene rings is 1. The number of rotatable bonds is 8. The first-order valence-corrected chi connectivity index (χ1v) is 7.62. The van der Waals surface area contributed by atoms with E-state index in [1.807, 2.05) is 12.1 Å². The fraction of sp³-hybridized carbons (Fsp3) is 0.571. The molecule has 0 aliphatic carbocycles. The Hall–Kier alpha value is -0.0900. The summed E-state index contributed by atoms with van der Waals surface area (Å²) in [7, 11) is 0. The lowest BCUT2D eigenvalue weighted by Crippen LogP contribution is -2.26. The Bertz CT molecular complexity index is 360. The van der Waals surface area contributed by atoms with Crippen LogP contribution >= 0.6 is 27.5 Å². The van der Waals surface area contributed by atoms with Gasteiger partial charge < -0.3 is 10.1 Å². The van der Waals surface area contributed by atoms with Gasteiger partial charge in [-0.1, -0.05) is 47.4 Å². The minimum atomic E-state index is 0.164. The van der Waals surface area contributed by atoms with Crippen LogP contribution in [0.25, 0.3) is 0 Å². The number of halogens is 2. The second-order valence-electron chi connectivity index (χ2n) is 4.25. The summed E-state index contributed by atoms with van der Waals surface area (Å²) in [5, 5.41) is 4.26. The first-order chi connectivity index (χ1) is 8.69. The van der Waals surface area contributed by atoms with E-state index >= 15 is 0 Å². The topological polar surface area (TPSA) is 21.3 Å². The Morgan fingerprint density at radius 3 is 2.72 bits per heavy atom. The second-order valence-corrected chi connectivity index (χ2v) is 5.57.